The van der Waals surface area contributed by atoms with Crippen LogP contribution in [-0.2, 0) is 4.79 Å². The van der Waals surface area contributed by atoms with Gasteiger partial charge in [-0.05, 0) is 32.4 Å². The lowest BCUT2D eigenvalue weighted by Crippen LogP contribution is -2.46. The van der Waals surface area contributed by atoms with Gasteiger partial charge in [0.15, 0.2) is 0 Å². The van der Waals surface area contributed by atoms with Gasteiger partial charge in [-0.15, -0.1) is 0 Å². The van der Waals surface area contributed by atoms with Crippen LogP contribution in [0.15, 0.2) is 0 Å². The smallest absolute Gasteiger partial charge is 0.240 e. The van der Waals surface area contributed by atoms with E-state index in [1.165, 1.54) is 0 Å². The molecule has 0 aromatic heterocycles. The zero-order valence-corrected chi connectivity index (χ0v) is 12.6. The Labute approximate surface area is 110 Å². The van der Waals surface area contributed by atoms with Crippen molar-refractivity contribution in [2.24, 2.45) is 0 Å². The third kappa shape index (κ3) is 2.97. The number of rotatable bonds is 6. The molecule has 4 heteroatoms. The summed E-state index contributed by atoms with van der Waals surface area (Å²) in [6.45, 7) is 9.41. The van der Waals surface area contributed by atoms with Crippen LogP contribution >= 0.6 is 11.8 Å². The van der Waals surface area contributed by atoms with E-state index < -0.39 is 0 Å². The van der Waals surface area contributed by atoms with Crippen molar-refractivity contribution >= 4 is 17.7 Å². The van der Waals surface area contributed by atoms with Crippen molar-refractivity contribution < 1.29 is 4.79 Å². The van der Waals surface area contributed by atoms with Gasteiger partial charge in [0.05, 0.1) is 12.2 Å². The van der Waals surface area contributed by atoms with Crippen molar-refractivity contribution in [2.45, 2.75) is 63.9 Å². The van der Waals surface area contributed by atoms with Crippen molar-refractivity contribution in [3.8, 4) is 0 Å². The molecule has 1 amide bonds. The molecule has 17 heavy (non-hydrogen) atoms. The molecule has 1 N–H and O–H groups in total. The third-order valence-electron chi connectivity index (χ3n) is 4.04. The van der Waals surface area contributed by atoms with E-state index in [1.807, 2.05) is 23.6 Å². The molecule has 1 aliphatic rings. The predicted molar refractivity (Wildman–Crippen MR) is 75.2 cm³/mol. The van der Waals surface area contributed by atoms with E-state index in [2.05, 4.69) is 32.3 Å². The van der Waals surface area contributed by atoms with Crippen LogP contribution in [0.4, 0.5) is 0 Å². The number of hydrogen-bond acceptors (Lipinski definition) is 3. The minimum absolute atomic E-state index is 0.0202. The predicted octanol–water partition coefficient (Wildman–Crippen LogP) is 2.46. The Morgan fingerprint density at radius 3 is 2.35 bits per heavy atom. The molecule has 0 aromatic carbocycles. The molecule has 2 atom stereocenters. The SMILES string of the molecule is CCC1NC(C)C(=O)N1CC(CC)(CC)SC. The molecule has 0 bridgehead atoms. The van der Waals surface area contributed by atoms with E-state index in [-0.39, 0.29) is 22.9 Å². The molecule has 1 heterocycles. The van der Waals surface area contributed by atoms with Crippen molar-refractivity contribution in [1.82, 2.24) is 10.2 Å². The Bertz CT molecular complexity index is 258. The second-order valence-electron chi connectivity index (χ2n) is 4.87. The maximum absolute atomic E-state index is 12.2. The Hall–Kier alpha value is -0.220. The summed E-state index contributed by atoms with van der Waals surface area (Å²) in [4.78, 5) is 14.2. The van der Waals surface area contributed by atoms with Crippen LogP contribution in [0.25, 0.3) is 0 Å². The van der Waals surface area contributed by atoms with E-state index in [1.54, 1.807) is 0 Å². The average Bonchev–Trinajstić information content (AvgIpc) is 2.63. The zero-order valence-electron chi connectivity index (χ0n) is 11.7. The molecule has 2 unspecified atom stereocenters. The standard InChI is InChI=1S/C13H26N2OS/c1-6-11-14-10(4)12(16)15(11)9-13(7-2,8-3)17-5/h10-11,14H,6-9H2,1-5H3. The number of nitrogens with zero attached hydrogens (tertiary/aromatic N) is 1. The van der Waals surface area contributed by atoms with Crippen LogP contribution in [0.1, 0.15) is 47.0 Å². The van der Waals surface area contributed by atoms with Crippen LogP contribution in [0.5, 0.6) is 0 Å². The largest absolute Gasteiger partial charge is 0.324 e. The zero-order chi connectivity index (χ0) is 13.1. The van der Waals surface area contributed by atoms with Crippen molar-refractivity contribution in [2.75, 3.05) is 12.8 Å². The summed E-state index contributed by atoms with van der Waals surface area (Å²) < 4.78 is 0.217. The number of carbonyl (C=O) groups is 1. The molecule has 0 radical (unpaired) electrons. The molecule has 1 aliphatic heterocycles. The minimum atomic E-state index is -0.0202. The van der Waals surface area contributed by atoms with E-state index in [9.17, 15) is 4.79 Å². The molecular formula is C13H26N2OS. The van der Waals surface area contributed by atoms with Crippen LogP contribution in [0.3, 0.4) is 0 Å². The molecule has 1 fully saturated rings. The van der Waals surface area contributed by atoms with Gasteiger partial charge in [0.2, 0.25) is 5.91 Å². The number of nitrogens with one attached hydrogen (secondary N) is 1. The second-order valence-corrected chi connectivity index (χ2v) is 6.15. The molecule has 1 saturated heterocycles. The Balaban J connectivity index is 2.80. The summed E-state index contributed by atoms with van der Waals surface area (Å²) in [5, 5.41) is 3.37. The molecule has 0 aliphatic carbocycles. The lowest BCUT2D eigenvalue weighted by atomic mass is 10.0. The summed E-state index contributed by atoms with van der Waals surface area (Å²) in [6, 6.07) is -0.0202. The second kappa shape index (κ2) is 6.10. The molecule has 100 valence electrons. The quantitative estimate of drug-likeness (QED) is 0.794. The summed E-state index contributed by atoms with van der Waals surface area (Å²) >= 11 is 1.90. The van der Waals surface area contributed by atoms with Gasteiger partial charge in [-0.25, -0.2) is 0 Å². The lowest BCUT2D eigenvalue weighted by molar-refractivity contribution is -0.130. The number of amides is 1. The Morgan fingerprint density at radius 1 is 1.35 bits per heavy atom. The van der Waals surface area contributed by atoms with Crippen LogP contribution in [0, 0.1) is 0 Å². The Kier molecular flexibility index (Phi) is 5.32. The molecule has 0 saturated carbocycles. The fraction of sp³-hybridized carbons (Fsp3) is 0.923. The molecule has 0 spiro atoms. The molecule has 1 rings (SSSR count). The van der Waals surface area contributed by atoms with Gasteiger partial charge >= 0.3 is 0 Å². The highest BCUT2D eigenvalue weighted by Crippen LogP contribution is 2.33. The van der Waals surface area contributed by atoms with Crippen LogP contribution in [-0.4, -0.2) is 40.6 Å². The highest BCUT2D eigenvalue weighted by Gasteiger charge is 2.39. The highest BCUT2D eigenvalue weighted by molar-refractivity contribution is 8.00. The normalized spacial score (nSPS) is 25.7. The first-order chi connectivity index (χ1) is 8.03. The number of thioether (sulfide) groups is 1. The van der Waals surface area contributed by atoms with Crippen LogP contribution < -0.4 is 5.32 Å². The first-order valence-corrected chi connectivity index (χ1v) is 7.87. The fourth-order valence-electron chi connectivity index (χ4n) is 2.52. The topological polar surface area (TPSA) is 32.3 Å². The van der Waals surface area contributed by atoms with Crippen molar-refractivity contribution in [3.05, 3.63) is 0 Å². The van der Waals surface area contributed by atoms with Gasteiger partial charge in [0.25, 0.3) is 0 Å². The van der Waals surface area contributed by atoms with Gasteiger partial charge in [-0.2, -0.15) is 11.8 Å². The van der Waals surface area contributed by atoms with Crippen molar-refractivity contribution in [1.29, 1.82) is 0 Å². The number of carbonyl (C=O) groups excluding carboxylic acids is 1. The maximum atomic E-state index is 12.2. The summed E-state index contributed by atoms with van der Waals surface area (Å²) in [7, 11) is 0. The van der Waals surface area contributed by atoms with Gasteiger partial charge < -0.3 is 4.90 Å². The van der Waals surface area contributed by atoms with E-state index in [4.69, 9.17) is 0 Å². The Morgan fingerprint density at radius 2 is 1.94 bits per heavy atom. The minimum Gasteiger partial charge on any atom is -0.324 e. The third-order valence-corrected chi connectivity index (χ3v) is 5.61. The summed E-state index contributed by atoms with van der Waals surface area (Å²) in [6.07, 6.45) is 5.58. The van der Waals surface area contributed by atoms with E-state index in [0.29, 0.717) is 0 Å². The average molecular weight is 258 g/mol. The maximum Gasteiger partial charge on any atom is 0.240 e. The van der Waals surface area contributed by atoms with Crippen LogP contribution in [0.2, 0.25) is 0 Å². The van der Waals surface area contributed by atoms with E-state index in [0.717, 1.165) is 25.8 Å². The van der Waals surface area contributed by atoms with Gasteiger partial charge in [0.1, 0.15) is 0 Å². The molecule has 0 aromatic rings. The van der Waals surface area contributed by atoms with Crippen molar-refractivity contribution in [3.63, 3.8) is 0 Å². The first kappa shape index (κ1) is 14.8. The van der Waals surface area contributed by atoms with Gasteiger partial charge in [0, 0.05) is 11.3 Å². The highest BCUT2D eigenvalue weighted by atomic mass is 32.2. The van der Waals surface area contributed by atoms with Gasteiger partial charge in [-0.1, -0.05) is 20.8 Å². The lowest BCUT2D eigenvalue weighted by Gasteiger charge is -2.36. The van der Waals surface area contributed by atoms with E-state index >= 15 is 0 Å². The molecule has 3 nitrogen and oxygen atoms in total. The molecular weight excluding hydrogens is 232 g/mol. The summed E-state index contributed by atoms with van der Waals surface area (Å²) in [5.41, 5.74) is 0. The summed E-state index contributed by atoms with van der Waals surface area (Å²) in [5.74, 6) is 0.261. The van der Waals surface area contributed by atoms with Gasteiger partial charge in [-0.3, -0.25) is 10.1 Å². The fourth-order valence-corrected chi connectivity index (χ4v) is 3.36. The monoisotopic (exact) mass is 258 g/mol. The first-order valence-electron chi connectivity index (χ1n) is 6.65. The number of hydrogen-bond donors (Lipinski definition) is 1.